The molecule has 4 heteroatoms. The maximum Gasteiger partial charge on any atom is 0.316 e. The maximum absolute atomic E-state index is 5.49. The number of aromatic nitrogens is 2. The highest BCUT2D eigenvalue weighted by atomic mass is 16.5. The van der Waals surface area contributed by atoms with Crippen molar-refractivity contribution in [2.24, 2.45) is 5.92 Å². The molecule has 0 aliphatic rings. The Bertz CT molecular complexity index is 339. The van der Waals surface area contributed by atoms with Gasteiger partial charge >= 0.3 is 6.01 Å². The van der Waals surface area contributed by atoms with Gasteiger partial charge in [-0.05, 0) is 25.8 Å². The number of rotatable bonds is 7. The lowest BCUT2D eigenvalue weighted by Gasteiger charge is -2.09. The summed E-state index contributed by atoms with van der Waals surface area (Å²) in [4.78, 5) is 8.57. The van der Waals surface area contributed by atoms with Crippen LogP contribution in [0, 0.1) is 12.8 Å². The van der Waals surface area contributed by atoms with Crippen molar-refractivity contribution in [3.63, 3.8) is 0 Å². The van der Waals surface area contributed by atoms with Gasteiger partial charge < -0.3 is 10.1 Å². The van der Waals surface area contributed by atoms with Crippen molar-refractivity contribution in [1.29, 1.82) is 0 Å². The summed E-state index contributed by atoms with van der Waals surface area (Å²) in [5, 5.41) is 3.34. The van der Waals surface area contributed by atoms with E-state index in [2.05, 4.69) is 36.1 Å². The van der Waals surface area contributed by atoms with Gasteiger partial charge in [0, 0.05) is 24.0 Å². The largest absolute Gasteiger partial charge is 0.463 e. The predicted molar refractivity (Wildman–Crippen MR) is 69.1 cm³/mol. The molecule has 0 aromatic carbocycles. The molecule has 0 radical (unpaired) electrons. The van der Waals surface area contributed by atoms with E-state index in [0.29, 0.717) is 18.5 Å². The van der Waals surface area contributed by atoms with Gasteiger partial charge in [0.05, 0.1) is 6.61 Å². The zero-order chi connectivity index (χ0) is 12.7. The highest BCUT2D eigenvalue weighted by Gasteiger charge is 2.04. The van der Waals surface area contributed by atoms with Crippen LogP contribution < -0.4 is 10.1 Å². The van der Waals surface area contributed by atoms with Crippen molar-refractivity contribution in [2.75, 3.05) is 13.2 Å². The maximum atomic E-state index is 5.49. The Morgan fingerprint density at radius 1 is 1.41 bits per heavy atom. The number of aryl methyl sites for hydroxylation is 1. The van der Waals surface area contributed by atoms with E-state index < -0.39 is 0 Å². The van der Waals surface area contributed by atoms with Crippen LogP contribution in [0.1, 0.15) is 38.4 Å². The first-order valence-electron chi connectivity index (χ1n) is 6.29. The SMILES string of the molecule is CCCNCc1cnc(OCC(C)C)nc1C. The predicted octanol–water partition coefficient (Wildman–Crippen LogP) is 2.32. The van der Waals surface area contributed by atoms with Crippen LogP contribution in [-0.2, 0) is 6.54 Å². The quantitative estimate of drug-likeness (QED) is 0.739. The van der Waals surface area contributed by atoms with Crippen molar-refractivity contribution in [3.8, 4) is 6.01 Å². The van der Waals surface area contributed by atoms with Crippen LogP contribution in [0.2, 0.25) is 0 Å². The smallest absolute Gasteiger partial charge is 0.316 e. The lowest BCUT2D eigenvalue weighted by molar-refractivity contribution is 0.250. The molecule has 0 spiro atoms. The fraction of sp³-hybridized carbons (Fsp3) is 0.692. The van der Waals surface area contributed by atoms with E-state index >= 15 is 0 Å². The highest BCUT2D eigenvalue weighted by molar-refractivity contribution is 5.17. The van der Waals surface area contributed by atoms with Crippen molar-refractivity contribution in [1.82, 2.24) is 15.3 Å². The lowest BCUT2D eigenvalue weighted by atomic mass is 10.2. The van der Waals surface area contributed by atoms with Gasteiger partial charge in [0.15, 0.2) is 0 Å². The Balaban J connectivity index is 2.53. The second kappa shape index (κ2) is 7.22. The van der Waals surface area contributed by atoms with E-state index in [-0.39, 0.29) is 0 Å². The van der Waals surface area contributed by atoms with Crippen LogP contribution in [0.15, 0.2) is 6.20 Å². The summed E-state index contributed by atoms with van der Waals surface area (Å²) in [6.07, 6.45) is 2.98. The van der Waals surface area contributed by atoms with E-state index in [4.69, 9.17) is 4.74 Å². The van der Waals surface area contributed by atoms with Gasteiger partial charge in [-0.3, -0.25) is 0 Å². The molecule has 1 rings (SSSR count). The number of hydrogen-bond acceptors (Lipinski definition) is 4. The van der Waals surface area contributed by atoms with Crippen molar-refractivity contribution < 1.29 is 4.74 Å². The van der Waals surface area contributed by atoms with Crippen LogP contribution in [0.4, 0.5) is 0 Å². The number of hydrogen-bond donors (Lipinski definition) is 1. The van der Waals surface area contributed by atoms with E-state index in [1.54, 1.807) is 0 Å². The molecular formula is C13H23N3O. The molecule has 0 saturated carbocycles. The molecular weight excluding hydrogens is 214 g/mol. The summed E-state index contributed by atoms with van der Waals surface area (Å²) in [6, 6.07) is 0.482. The van der Waals surface area contributed by atoms with Crippen LogP contribution >= 0.6 is 0 Å². The number of nitrogens with zero attached hydrogens (tertiary/aromatic N) is 2. The van der Waals surface area contributed by atoms with Gasteiger partial charge in [-0.2, -0.15) is 0 Å². The third kappa shape index (κ3) is 5.13. The Morgan fingerprint density at radius 3 is 2.76 bits per heavy atom. The monoisotopic (exact) mass is 237 g/mol. The molecule has 0 aliphatic heterocycles. The van der Waals surface area contributed by atoms with Gasteiger partial charge in [0.1, 0.15) is 0 Å². The molecule has 4 nitrogen and oxygen atoms in total. The van der Waals surface area contributed by atoms with Gasteiger partial charge in [-0.1, -0.05) is 20.8 Å². The van der Waals surface area contributed by atoms with E-state index in [9.17, 15) is 0 Å². The molecule has 17 heavy (non-hydrogen) atoms. The Hall–Kier alpha value is -1.16. The molecule has 1 aromatic heterocycles. The first-order valence-corrected chi connectivity index (χ1v) is 6.29. The first-order chi connectivity index (χ1) is 8.13. The van der Waals surface area contributed by atoms with Crippen LogP contribution in [0.5, 0.6) is 6.01 Å². The fourth-order valence-corrected chi connectivity index (χ4v) is 1.35. The van der Waals surface area contributed by atoms with Crippen molar-refractivity contribution in [3.05, 3.63) is 17.5 Å². The number of nitrogens with one attached hydrogen (secondary N) is 1. The molecule has 0 aliphatic carbocycles. The summed E-state index contributed by atoms with van der Waals surface area (Å²) in [7, 11) is 0. The third-order valence-electron chi connectivity index (χ3n) is 2.35. The number of ether oxygens (including phenoxy) is 1. The Labute approximate surface area is 104 Å². The summed E-state index contributed by atoms with van der Waals surface area (Å²) in [5.74, 6) is 0.491. The zero-order valence-electron chi connectivity index (χ0n) is 11.3. The average molecular weight is 237 g/mol. The lowest BCUT2D eigenvalue weighted by Crippen LogP contribution is -2.16. The van der Waals surface area contributed by atoms with E-state index in [1.807, 2.05) is 13.1 Å². The normalized spacial score (nSPS) is 10.9. The molecule has 1 heterocycles. The minimum absolute atomic E-state index is 0.482. The van der Waals surface area contributed by atoms with Gasteiger partial charge in [-0.15, -0.1) is 0 Å². The summed E-state index contributed by atoms with van der Waals surface area (Å²) in [5.41, 5.74) is 2.12. The molecule has 0 bridgehead atoms. The fourth-order valence-electron chi connectivity index (χ4n) is 1.35. The molecule has 0 atom stereocenters. The summed E-state index contributed by atoms with van der Waals surface area (Å²) in [6.45, 7) is 10.9. The zero-order valence-corrected chi connectivity index (χ0v) is 11.3. The first kappa shape index (κ1) is 13.9. The van der Waals surface area contributed by atoms with Crippen molar-refractivity contribution in [2.45, 2.75) is 40.7 Å². The summed E-state index contributed by atoms with van der Waals surface area (Å²) >= 11 is 0. The van der Waals surface area contributed by atoms with Crippen LogP contribution in [0.3, 0.4) is 0 Å². The standard InChI is InChI=1S/C13H23N3O/c1-5-6-14-7-12-8-15-13(16-11(12)4)17-9-10(2)3/h8,10,14H,5-7,9H2,1-4H3. The van der Waals surface area contributed by atoms with Gasteiger partial charge in [0.25, 0.3) is 0 Å². The minimum Gasteiger partial charge on any atom is -0.463 e. The molecule has 0 fully saturated rings. The molecule has 0 unspecified atom stereocenters. The minimum atomic E-state index is 0.482. The summed E-state index contributed by atoms with van der Waals surface area (Å²) < 4.78 is 5.49. The molecule has 1 N–H and O–H groups in total. The highest BCUT2D eigenvalue weighted by Crippen LogP contribution is 2.09. The second-order valence-electron chi connectivity index (χ2n) is 4.64. The third-order valence-corrected chi connectivity index (χ3v) is 2.35. The van der Waals surface area contributed by atoms with Crippen LogP contribution in [0.25, 0.3) is 0 Å². The molecule has 0 amide bonds. The topological polar surface area (TPSA) is 47.0 Å². The van der Waals surface area contributed by atoms with E-state index in [1.165, 1.54) is 0 Å². The Kier molecular flexibility index (Phi) is 5.91. The van der Waals surface area contributed by atoms with E-state index in [0.717, 1.165) is 30.8 Å². The Morgan fingerprint density at radius 2 is 2.18 bits per heavy atom. The second-order valence-corrected chi connectivity index (χ2v) is 4.64. The molecule has 1 aromatic rings. The molecule has 0 saturated heterocycles. The van der Waals surface area contributed by atoms with Gasteiger partial charge in [0.2, 0.25) is 0 Å². The van der Waals surface area contributed by atoms with Gasteiger partial charge in [-0.25, -0.2) is 9.97 Å². The average Bonchev–Trinajstić information content (AvgIpc) is 2.29. The van der Waals surface area contributed by atoms with Crippen LogP contribution in [-0.4, -0.2) is 23.1 Å². The molecule has 96 valence electrons. The van der Waals surface area contributed by atoms with Crippen molar-refractivity contribution >= 4 is 0 Å².